The quantitative estimate of drug-likeness (QED) is 0.821. The third-order valence-electron chi connectivity index (χ3n) is 2.58. The molecule has 6 heteroatoms. The van der Waals surface area contributed by atoms with Gasteiger partial charge in [0.25, 0.3) is 0 Å². The Kier molecular flexibility index (Phi) is 5.03. The van der Waals surface area contributed by atoms with Crippen LogP contribution < -0.4 is 10.5 Å². The fourth-order valence-corrected chi connectivity index (χ4v) is 1.61. The minimum absolute atomic E-state index is 0.0266. The van der Waals surface area contributed by atoms with E-state index >= 15 is 0 Å². The zero-order valence-corrected chi connectivity index (χ0v) is 9.95. The van der Waals surface area contributed by atoms with Gasteiger partial charge in [-0.3, -0.25) is 4.79 Å². The predicted octanol–water partition coefficient (Wildman–Crippen LogP) is 2.23. The zero-order chi connectivity index (χ0) is 13.7. The van der Waals surface area contributed by atoms with Gasteiger partial charge in [0, 0.05) is 24.1 Å². The van der Waals surface area contributed by atoms with Crippen molar-refractivity contribution in [2.75, 3.05) is 7.11 Å². The van der Waals surface area contributed by atoms with Crippen molar-refractivity contribution in [3.8, 4) is 5.75 Å². The molecule has 0 aliphatic rings. The Hall–Kier alpha value is -1.69. The highest BCUT2D eigenvalue weighted by Gasteiger charge is 2.16. The van der Waals surface area contributed by atoms with Crippen LogP contribution in [0.5, 0.6) is 5.75 Å². The van der Waals surface area contributed by atoms with Crippen LogP contribution in [0.2, 0.25) is 0 Å². The van der Waals surface area contributed by atoms with Crippen LogP contribution in [0.15, 0.2) is 12.1 Å². The molecule has 0 amide bonds. The Morgan fingerprint density at radius 1 is 1.44 bits per heavy atom. The Morgan fingerprint density at radius 2 is 2.11 bits per heavy atom. The van der Waals surface area contributed by atoms with Crippen LogP contribution in [0.1, 0.15) is 30.9 Å². The van der Waals surface area contributed by atoms with Gasteiger partial charge in [-0.2, -0.15) is 0 Å². The summed E-state index contributed by atoms with van der Waals surface area (Å²) in [6.07, 6.45) is 0.534. The molecule has 1 aromatic carbocycles. The summed E-state index contributed by atoms with van der Waals surface area (Å²) >= 11 is 0. The molecule has 0 aliphatic carbocycles. The number of carboxylic acids is 1. The summed E-state index contributed by atoms with van der Waals surface area (Å²) in [5.41, 5.74) is 5.73. The van der Waals surface area contributed by atoms with E-state index in [0.717, 1.165) is 12.1 Å². The third-order valence-corrected chi connectivity index (χ3v) is 2.58. The summed E-state index contributed by atoms with van der Waals surface area (Å²) in [4.78, 5) is 10.3. The van der Waals surface area contributed by atoms with Crippen molar-refractivity contribution in [3.63, 3.8) is 0 Å². The standard InChI is InChI=1S/C12H15F2NO3/c1-18-11-6-8(13)7(5-9(11)14)10(15)3-2-4-12(16)17/h5-6,10H,2-4,15H2,1H3,(H,16,17). The molecule has 0 aromatic heterocycles. The topological polar surface area (TPSA) is 72.5 Å². The molecule has 1 unspecified atom stereocenters. The average molecular weight is 259 g/mol. The van der Waals surface area contributed by atoms with Crippen LogP contribution >= 0.6 is 0 Å². The summed E-state index contributed by atoms with van der Waals surface area (Å²) in [5, 5.41) is 8.47. The number of aliphatic carboxylic acids is 1. The van der Waals surface area contributed by atoms with E-state index in [4.69, 9.17) is 10.8 Å². The van der Waals surface area contributed by atoms with Gasteiger partial charge in [-0.1, -0.05) is 0 Å². The van der Waals surface area contributed by atoms with Crippen molar-refractivity contribution in [1.82, 2.24) is 0 Å². The molecular weight excluding hydrogens is 244 g/mol. The Bertz CT molecular complexity index is 438. The van der Waals surface area contributed by atoms with Gasteiger partial charge in [-0.05, 0) is 18.9 Å². The van der Waals surface area contributed by atoms with Gasteiger partial charge < -0.3 is 15.6 Å². The zero-order valence-electron chi connectivity index (χ0n) is 9.95. The first-order chi connectivity index (χ1) is 8.45. The number of carbonyl (C=O) groups is 1. The molecule has 0 saturated carbocycles. The molecule has 1 rings (SSSR count). The Balaban J connectivity index is 2.76. The van der Waals surface area contributed by atoms with Gasteiger partial charge in [-0.25, -0.2) is 8.78 Å². The number of nitrogens with two attached hydrogens (primary N) is 1. The highest BCUT2D eigenvalue weighted by molar-refractivity contribution is 5.66. The minimum atomic E-state index is -0.941. The van der Waals surface area contributed by atoms with Gasteiger partial charge in [0.15, 0.2) is 11.6 Å². The molecule has 0 bridgehead atoms. The lowest BCUT2D eigenvalue weighted by atomic mass is 10.0. The van der Waals surface area contributed by atoms with Gasteiger partial charge >= 0.3 is 5.97 Å². The largest absolute Gasteiger partial charge is 0.494 e. The van der Waals surface area contributed by atoms with E-state index in [0.29, 0.717) is 6.42 Å². The molecule has 0 aliphatic heterocycles. The Labute approximate surface area is 103 Å². The number of ether oxygens (including phenoxy) is 1. The number of hydrogen-bond acceptors (Lipinski definition) is 3. The van der Waals surface area contributed by atoms with Crippen LogP contribution in [-0.2, 0) is 4.79 Å². The van der Waals surface area contributed by atoms with Gasteiger partial charge in [0.1, 0.15) is 5.82 Å². The first-order valence-corrected chi connectivity index (χ1v) is 5.46. The number of halogens is 2. The van der Waals surface area contributed by atoms with Crippen LogP contribution in [0.3, 0.4) is 0 Å². The molecule has 100 valence electrons. The van der Waals surface area contributed by atoms with E-state index in [2.05, 4.69) is 4.74 Å². The monoisotopic (exact) mass is 259 g/mol. The maximum atomic E-state index is 13.6. The lowest BCUT2D eigenvalue weighted by Gasteiger charge is -2.13. The van der Waals surface area contributed by atoms with Crippen molar-refractivity contribution < 1.29 is 23.4 Å². The summed E-state index contributed by atoms with van der Waals surface area (Å²) in [6, 6.07) is 1.19. The van der Waals surface area contributed by atoms with Crippen molar-refractivity contribution in [2.45, 2.75) is 25.3 Å². The lowest BCUT2D eigenvalue weighted by Crippen LogP contribution is -2.13. The SMILES string of the molecule is COc1cc(F)c(C(N)CCCC(=O)O)cc1F. The molecule has 0 fully saturated rings. The summed E-state index contributed by atoms with van der Waals surface area (Å²) in [5.74, 6) is -2.48. The van der Waals surface area contributed by atoms with Crippen molar-refractivity contribution in [1.29, 1.82) is 0 Å². The van der Waals surface area contributed by atoms with Gasteiger partial charge in [0.05, 0.1) is 7.11 Å². The smallest absolute Gasteiger partial charge is 0.303 e. The minimum Gasteiger partial charge on any atom is -0.494 e. The normalized spacial score (nSPS) is 12.2. The van der Waals surface area contributed by atoms with Crippen molar-refractivity contribution >= 4 is 5.97 Å². The molecule has 4 nitrogen and oxygen atoms in total. The summed E-state index contributed by atoms with van der Waals surface area (Å²) in [6.45, 7) is 0. The highest BCUT2D eigenvalue weighted by atomic mass is 19.1. The van der Waals surface area contributed by atoms with E-state index in [-0.39, 0.29) is 24.2 Å². The van der Waals surface area contributed by atoms with E-state index in [1.807, 2.05) is 0 Å². The average Bonchev–Trinajstić information content (AvgIpc) is 2.30. The maximum absolute atomic E-state index is 13.6. The molecule has 3 N–H and O–H groups in total. The third kappa shape index (κ3) is 3.66. The van der Waals surface area contributed by atoms with Gasteiger partial charge in [-0.15, -0.1) is 0 Å². The number of benzene rings is 1. The van der Waals surface area contributed by atoms with E-state index in [9.17, 15) is 13.6 Å². The number of methoxy groups -OCH3 is 1. The molecule has 1 atom stereocenters. The fourth-order valence-electron chi connectivity index (χ4n) is 1.61. The molecule has 18 heavy (non-hydrogen) atoms. The second kappa shape index (κ2) is 6.30. The van der Waals surface area contributed by atoms with E-state index < -0.39 is 23.6 Å². The molecule has 0 spiro atoms. The molecule has 0 saturated heterocycles. The van der Waals surface area contributed by atoms with Crippen molar-refractivity contribution in [3.05, 3.63) is 29.3 Å². The molecule has 1 aromatic rings. The first kappa shape index (κ1) is 14.4. The van der Waals surface area contributed by atoms with Crippen molar-refractivity contribution in [2.24, 2.45) is 5.73 Å². The Morgan fingerprint density at radius 3 is 2.67 bits per heavy atom. The first-order valence-electron chi connectivity index (χ1n) is 5.46. The highest BCUT2D eigenvalue weighted by Crippen LogP contribution is 2.26. The second-order valence-electron chi connectivity index (χ2n) is 3.90. The number of rotatable bonds is 6. The van der Waals surface area contributed by atoms with Crippen LogP contribution in [0.25, 0.3) is 0 Å². The van der Waals surface area contributed by atoms with E-state index in [1.54, 1.807) is 0 Å². The second-order valence-corrected chi connectivity index (χ2v) is 3.90. The summed E-state index contributed by atoms with van der Waals surface area (Å²) in [7, 11) is 1.24. The molecule has 0 heterocycles. The predicted molar refractivity (Wildman–Crippen MR) is 61.3 cm³/mol. The lowest BCUT2D eigenvalue weighted by molar-refractivity contribution is -0.137. The van der Waals surface area contributed by atoms with Crippen LogP contribution in [0.4, 0.5) is 8.78 Å². The number of hydrogen-bond donors (Lipinski definition) is 2. The van der Waals surface area contributed by atoms with Gasteiger partial charge in [0.2, 0.25) is 0 Å². The molecule has 0 radical (unpaired) electrons. The van der Waals surface area contributed by atoms with Crippen LogP contribution in [0, 0.1) is 11.6 Å². The fraction of sp³-hybridized carbons (Fsp3) is 0.417. The van der Waals surface area contributed by atoms with Crippen LogP contribution in [-0.4, -0.2) is 18.2 Å². The summed E-state index contributed by atoms with van der Waals surface area (Å²) < 4.78 is 31.6. The molecular formula is C12H15F2NO3. The van der Waals surface area contributed by atoms with E-state index in [1.165, 1.54) is 7.11 Å². The number of carboxylic acid groups (broad SMARTS) is 1. The maximum Gasteiger partial charge on any atom is 0.303 e.